The summed E-state index contributed by atoms with van der Waals surface area (Å²) in [6.45, 7) is 4.43. The number of carbonyl (C=O) groups is 1. The zero-order valence-corrected chi connectivity index (χ0v) is 26.1. The van der Waals surface area contributed by atoms with E-state index in [1.54, 1.807) is 25.0 Å². The Hall–Kier alpha value is -4.10. The molecule has 0 radical (unpaired) electrons. The predicted octanol–water partition coefficient (Wildman–Crippen LogP) is 5.00. The number of carbonyl (C=O) groups excluding carboxylic acids is 1. The number of halogens is 3. The zero-order chi connectivity index (χ0) is 32.1. The number of fused-ring (bicyclic) bond motifs is 3. The van der Waals surface area contributed by atoms with Gasteiger partial charge in [0.1, 0.15) is 23.9 Å². The van der Waals surface area contributed by atoms with E-state index in [0.717, 1.165) is 68.8 Å². The summed E-state index contributed by atoms with van der Waals surface area (Å²) < 4.78 is 47.2. The minimum absolute atomic E-state index is 0.0127. The van der Waals surface area contributed by atoms with Gasteiger partial charge >= 0.3 is 6.18 Å². The van der Waals surface area contributed by atoms with E-state index in [0.29, 0.717) is 67.6 Å². The van der Waals surface area contributed by atoms with Crippen LogP contribution in [0.1, 0.15) is 81.3 Å². The Balaban J connectivity index is 1.09. The van der Waals surface area contributed by atoms with Gasteiger partial charge < -0.3 is 19.9 Å². The average Bonchev–Trinajstić information content (AvgIpc) is 3.93. The molecule has 46 heavy (non-hydrogen) atoms. The third-order valence-corrected chi connectivity index (χ3v) is 10.6. The van der Waals surface area contributed by atoms with Crippen molar-refractivity contribution < 1.29 is 22.7 Å². The number of nitrogens with zero attached hydrogens (tertiary/aromatic N) is 8. The third kappa shape index (κ3) is 5.70. The summed E-state index contributed by atoms with van der Waals surface area (Å²) in [7, 11) is 1.57. The van der Waals surface area contributed by atoms with Crippen molar-refractivity contribution in [2.75, 3.05) is 50.1 Å². The van der Waals surface area contributed by atoms with Gasteiger partial charge in [-0.25, -0.2) is 24.9 Å². The number of anilines is 2. The molecule has 0 aromatic carbocycles. The lowest BCUT2D eigenvalue weighted by Crippen LogP contribution is -2.51. The molecule has 3 aromatic rings. The predicted molar refractivity (Wildman–Crippen MR) is 163 cm³/mol. The molecular formula is C32H38F3N9O2. The number of aromatic nitrogens is 6. The molecule has 0 atom stereocenters. The van der Waals surface area contributed by atoms with E-state index in [2.05, 4.69) is 35.1 Å². The van der Waals surface area contributed by atoms with Gasteiger partial charge in [0.2, 0.25) is 17.7 Å². The van der Waals surface area contributed by atoms with Gasteiger partial charge in [0.25, 0.3) is 0 Å². The topological polar surface area (TPSA) is 122 Å². The summed E-state index contributed by atoms with van der Waals surface area (Å²) in [5.41, 5.74) is 1.64. The van der Waals surface area contributed by atoms with E-state index in [1.165, 1.54) is 12.7 Å². The number of amides is 1. The summed E-state index contributed by atoms with van der Waals surface area (Å²) in [5, 5.41) is 3.45. The van der Waals surface area contributed by atoms with Crippen LogP contribution >= 0.6 is 0 Å². The first-order chi connectivity index (χ1) is 22.1. The van der Waals surface area contributed by atoms with Crippen LogP contribution in [0.2, 0.25) is 0 Å². The van der Waals surface area contributed by atoms with Crippen molar-refractivity contribution in [3.05, 3.63) is 41.9 Å². The molecule has 244 valence electrons. The summed E-state index contributed by atoms with van der Waals surface area (Å²) in [5.74, 6) is 1.72. The first kappa shape index (κ1) is 30.5. The molecule has 1 saturated heterocycles. The molecular weight excluding hydrogens is 599 g/mol. The number of hydrogen-bond donors (Lipinski definition) is 1. The van der Waals surface area contributed by atoms with Crippen molar-refractivity contribution in [3.8, 4) is 17.3 Å². The second kappa shape index (κ2) is 11.6. The Morgan fingerprint density at radius 3 is 2.28 bits per heavy atom. The van der Waals surface area contributed by atoms with Crippen LogP contribution in [0.5, 0.6) is 5.88 Å². The van der Waals surface area contributed by atoms with Crippen molar-refractivity contribution in [2.24, 2.45) is 5.41 Å². The third-order valence-electron chi connectivity index (χ3n) is 10.6. The molecule has 4 saturated carbocycles. The van der Waals surface area contributed by atoms with Crippen molar-refractivity contribution >= 4 is 17.5 Å². The molecule has 4 aliphatic carbocycles. The zero-order valence-electron chi connectivity index (χ0n) is 26.1. The van der Waals surface area contributed by atoms with E-state index in [9.17, 15) is 18.0 Å². The maximum atomic E-state index is 13.9. The molecule has 5 fully saturated rings. The van der Waals surface area contributed by atoms with Crippen molar-refractivity contribution in [3.63, 3.8) is 0 Å². The van der Waals surface area contributed by atoms with Gasteiger partial charge in [0.05, 0.1) is 24.2 Å². The highest BCUT2D eigenvalue weighted by molar-refractivity contribution is 5.73. The first-order valence-electron chi connectivity index (χ1n) is 16.0. The highest BCUT2D eigenvalue weighted by atomic mass is 19.4. The Kier molecular flexibility index (Phi) is 7.71. The van der Waals surface area contributed by atoms with Crippen LogP contribution < -0.4 is 15.0 Å². The van der Waals surface area contributed by atoms with Gasteiger partial charge in [0, 0.05) is 51.0 Å². The van der Waals surface area contributed by atoms with Crippen LogP contribution in [-0.4, -0.2) is 80.5 Å². The van der Waals surface area contributed by atoms with Gasteiger partial charge in [0.15, 0.2) is 5.82 Å². The van der Waals surface area contributed by atoms with Crippen LogP contribution in [0, 0.1) is 5.41 Å². The fraction of sp³-hybridized carbons (Fsp3) is 0.594. The Bertz CT molecular complexity index is 1600. The largest absolute Gasteiger partial charge is 0.480 e. The molecule has 4 heterocycles. The van der Waals surface area contributed by atoms with Gasteiger partial charge in [-0.05, 0) is 68.9 Å². The standard InChI is InChI=1S/C32H38F3N9O2/c1-20(45)43-13-15-44(16-14-43)22-5-6-23(32(33,34)35)41-26(22)31-10-7-30(8-11-31,9-12-31)17-36-29-40-19-38-27(42-29)24-25(21-3-4-21)37-18-39-28(24)46-2/h5-6,18-19,21H,3-4,7-17H2,1-2H3,(H,36,38,40,42). The summed E-state index contributed by atoms with van der Waals surface area (Å²) in [6.07, 6.45) is 5.44. The molecule has 0 unspecified atom stereocenters. The summed E-state index contributed by atoms with van der Waals surface area (Å²) >= 11 is 0. The van der Waals surface area contributed by atoms with E-state index in [1.807, 2.05) is 0 Å². The minimum atomic E-state index is -4.52. The molecule has 3 aromatic heterocycles. The molecule has 1 aliphatic heterocycles. The van der Waals surface area contributed by atoms with Crippen LogP contribution in [-0.2, 0) is 16.4 Å². The Labute approximate surface area is 265 Å². The molecule has 11 nitrogen and oxygen atoms in total. The quantitative estimate of drug-likeness (QED) is 0.361. The summed E-state index contributed by atoms with van der Waals surface area (Å²) in [4.78, 5) is 42.4. The monoisotopic (exact) mass is 637 g/mol. The number of alkyl halides is 3. The number of nitrogens with one attached hydrogen (secondary N) is 1. The van der Waals surface area contributed by atoms with Crippen LogP contribution in [0.25, 0.3) is 11.4 Å². The van der Waals surface area contributed by atoms with Gasteiger partial charge in [-0.2, -0.15) is 18.2 Å². The van der Waals surface area contributed by atoms with E-state index < -0.39 is 17.3 Å². The first-order valence-corrected chi connectivity index (χ1v) is 16.0. The minimum Gasteiger partial charge on any atom is -0.480 e. The van der Waals surface area contributed by atoms with Crippen LogP contribution in [0.3, 0.4) is 0 Å². The number of methoxy groups -OCH3 is 1. The molecule has 14 heteroatoms. The highest BCUT2D eigenvalue weighted by Crippen LogP contribution is 2.59. The Morgan fingerprint density at radius 1 is 0.957 bits per heavy atom. The molecule has 2 bridgehead atoms. The fourth-order valence-electron chi connectivity index (χ4n) is 7.58. The Morgan fingerprint density at radius 2 is 1.65 bits per heavy atom. The number of ether oxygens (including phenoxy) is 1. The number of hydrogen-bond acceptors (Lipinski definition) is 10. The maximum absolute atomic E-state index is 13.9. The summed E-state index contributed by atoms with van der Waals surface area (Å²) in [6, 6.07) is 2.70. The molecule has 8 rings (SSSR count). The SMILES string of the molecule is COc1ncnc(C2CC2)c1-c1ncnc(NCC23CCC(c4nc(C(F)(F)F)ccc4N4CCN(C(C)=O)CC4)(CC2)CC3)n1. The normalized spacial score (nSPS) is 24.6. The van der Waals surface area contributed by atoms with Crippen LogP contribution in [0.15, 0.2) is 24.8 Å². The smallest absolute Gasteiger partial charge is 0.433 e. The lowest BCUT2D eigenvalue weighted by molar-refractivity contribution is -0.141. The number of rotatable bonds is 8. The van der Waals surface area contributed by atoms with Gasteiger partial charge in [-0.15, -0.1) is 0 Å². The molecule has 1 N–H and O–H groups in total. The lowest BCUT2D eigenvalue weighted by Gasteiger charge is -2.54. The fourth-order valence-corrected chi connectivity index (χ4v) is 7.58. The molecule has 0 spiro atoms. The lowest BCUT2D eigenvalue weighted by atomic mass is 9.52. The second-order valence-corrected chi connectivity index (χ2v) is 13.2. The molecule has 1 amide bonds. The molecule has 5 aliphatic rings. The average molecular weight is 638 g/mol. The van der Waals surface area contributed by atoms with Gasteiger partial charge in [-0.3, -0.25) is 4.79 Å². The van der Waals surface area contributed by atoms with E-state index in [4.69, 9.17) is 9.72 Å². The number of piperazine rings is 1. The highest BCUT2D eigenvalue weighted by Gasteiger charge is 2.51. The van der Waals surface area contributed by atoms with Crippen molar-refractivity contribution in [1.82, 2.24) is 34.8 Å². The van der Waals surface area contributed by atoms with Crippen LogP contribution in [0.4, 0.5) is 24.8 Å². The second-order valence-electron chi connectivity index (χ2n) is 13.2. The van der Waals surface area contributed by atoms with E-state index >= 15 is 0 Å². The maximum Gasteiger partial charge on any atom is 0.433 e. The van der Waals surface area contributed by atoms with Gasteiger partial charge in [-0.1, -0.05) is 0 Å². The number of pyridine rings is 1. The van der Waals surface area contributed by atoms with E-state index in [-0.39, 0.29) is 11.3 Å². The van der Waals surface area contributed by atoms with Crippen molar-refractivity contribution in [1.29, 1.82) is 0 Å². The van der Waals surface area contributed by atoms with Crippen molar-refractivity contribution in [2.45, 2.75) is 75.8 Å².